The number of halogens is 3. The molecule has 3 rings (SSSR count). The van der Waals surface area contributed by atoms with Gasteiger partial charge in [0.2, 0.25) is 0 Å². The first-order chi connectivity index (χ1) is 13.9. The highest BCUT2D eigenvalue weighted by atomic mass is 19.4. The summed E-state index contributed by atoms with van der Waals surface area (Å²) < 4.78 is 39.4. The van der Waals surface area contributed by atoms with Crippen molar-refractivity contribution in [3.8, 4) is 5.69 Å². The third-order valence-corrected chi connectivity index (χ3v) is 4.74. The van der Waals surface area contributed by atoms with E-state index in [-0.39, 0.29) is 6.04 Å². The summed E-state index contributed by atoms with van der Waals surface area (Å²) in [5, 5.41) is 10.6. The van der Waals surface area contributed by atoms with Crippen LogP contribution in [0, 0.1) is 0 Å². The van der Waals surface area contributed by atoms with Crippen molar-refractivity contribution in [3.05, 3.63) is 48.3 Å². The Labute approximate surface area is 168 Å². The lowest BCUT2D eigenvalue weighted by Gasteiger charge is -2.19. The summed E-state index contributed by atoms with van der Waals surface area (Å²) in [7, 11) is 0. The second-order valence-electron chi connectivity index (χ2n) is 7.11. The van der Waals surface area contributed by atoms with Crippen molar-refractivity contribution in [3.63, 3.8) is 0 Å². The van der Waals surface area contributed by atoms with Gasteiger partial charge in [0.25, 0.3) is 0 Å². The maximum absolute atomic E-state index is 12.5. The van der Waals surface area contributed by atoms with Crippen LogP contribution in [-0.2, 0) is 6.42 Å². The molecule has 2 aromatic rings. The zero-order chi connectivity index (χ0) is 20.7. The number of alkyl halides is 3. The first kappa shape index (κ1) is 21.2. The van der Waals surface area contributed by atoms with Gasteiger partial charge in [-0.25, -0.2) is 4.68 Å². The van der Waals surface area contributed by atoms with Crippen molar-refractivity contribution in [2.75, 3.05) is 32.7 Å². The van der Waals surface area contributed by atoms with Crippen LogP contribution in [0.4, 0.5) is 13.2 Å². The predicted molar refractivity (Wildman–Crippen MR) is 107 cm³/mol. The van der Waals surface area contributed by atoms with Gasteiger partial charge >= 0.3 is 6.18 Å². The van der Waals surface area contributed by atoms with Crippen molar-refractivity contribution >= 4 is 5.96 Å². The predicted octanol–water partition coefficient (Wildman–Crippen LogP) is 2.61. The number of benzene rings is 1. The van der Waals surface area contributed by atoms with E-state index in [1.807, 2.05) is 31.3 Å². The summed E-state index contributed by atoms with van der Waals surface area (Å²) >= 11 is 0. The highest BCUT2D eigenvalue weighted by Gasteiger charge is 2.34. The first-order valence-corrected chi connectivity index (χ1v) is 9.86. The molecule has 1 unspecified atom stereocenters. The molecule has 0 spiro atoms. The van der Waals surface area contributed by atoms with Gasteiger partial charge in [-0.3, -0.25) is 9.89 Å². The van der Waals surface area contributed by atoms with E-state index >= 15 is 0 Å². The maximum Gasteiger partial charge on any atom is 0.401 e. The quantitative estimate of drug-likeness (QED) is 0.546. The normalized spacial score (nSPS) is 18.2. The lowest BCUT2D eigenvalue weighted by Crippen LogP contribution is -2.45. The van der Waals surface area contributed by atoms with E-state index in [9.17, 15) is 13.2 Å². The largest absolute Gasteiger partial charge is 0.401 e. The number of likely N-dealkylation sites (tertiary alicyclic amines) is 1. The first-order valence-electron chi connectivity index (χ1n) is 9.86. The zero-order valence-electron chi connectivity index (χ0n) is 16.5. The lowest BCUT2D eigenvalue weighted by atomic mass is 10.1. The van der Waals surface area contributed by atoms with E-state index in [4.69, 9.17) is 0 Å². The molecule has 1 aromatic heterocycles. The second-order valence-corrected chi connectivity index (χ2v) is 7.11. The fraction of sp³-hybridized carbons (Fsp3) is 0.500. The third-order valence-electron chi connectivity index (χ3n) is 4.74. The third kappa shape index (κ3) is 6.77. The lowest BCUT2D eigenvalue weighted by molar-refractivity contribution is -0.143. The number of rotatable bonds is 7. The molecule has 2 heterocycles. The van der Waals surface area contributed by atoms with E-state index < -0.39 is 12.7 Å². The minimum atomic E-state index is -4.15. The van der Waals surface area contributed by atoms with Crippen molar-refractivity contribution in [1.29, 1.82) is 0 Å². The maximum atomic E-state index is 12.5. The molecule has 0 radical (unpaired) electrons. The SMILES string of the molecule is CCNC(=NCCc1ccc(-n2cccn2)cc1)NC1CCN(CC(F)(F)F)C1. The van der Waals surface area contributed by atoms with Gasteiger partial charge in [-0.15, -0.1) is 0 Å². The van der Waals surface area contributed by atoms with Crippen molar-refractivity contribution in [2.24, 2.45) is 4.99 Å². The Hall–Kier alpha value is -2.55. The van der Waals surface area contributed by atoms with Crippen molar-refractivity contribution in [2.45, 2.75) is 32.0 Å². The second kappa shape index (κ2) is 9.78. The fourth-order valence-electron chi connectivity index (χ4n) is 3.39. The fourth-order valence-corrected chi connectivity index (χ4v) is 3.39. The molecule has 0 aliphatic carbocycles. The number of aliphatic imine (C=N–C) groups is 1. The van der Waals surface area contributed by atoms with Gasteiger partial charge < -0.3 is 10.6 Å². The van der Waals surface area contributed by atoms with Crippen LogP contribution in [0.15, 0.2) is 47.7 Å². The van der Waals surface area contributed by atoms with Gasteiger partial charge in [-0.2, -0.15) is 18.3 Å². The van der Waals surface area contributed by atoms with Crippen molar-refractivity contribution < 1.29 is 13.2 Å². The molecule has 0 bridgehead atoms. The van der Waals surface area contributed by atoms with E-state index in [1.54, 1.807) is 10.9 Å². The molecule has 1 aliphatic rings. The highest BCUT2D eigenvalue weighted by Crippen LogP contribution is 2.19. The Morgan fingerprint density at radius 3 is 2.72 bits per heavy atom. The summed E-state index contributed by atoms with van der Waals surface area (Å²) in [4.78, 5) is 6.01. The van der Waals surface area contributed by atoms with Gasteiger partial charge in [-0.1, -0.05) is 12.1 Å². The standard InChI is InChI=1S/C20H27F3N6/c1-2-24-19(27-17-9-13-28(14-17)15-20(21,22)23)25-11-8-16-4-6-18(7-5-16)29-12-3-10-26-29/h3-7,10,12,17H,2,8-9,11,13-15H2,1H3,(H2,24,25,27). The molecule has 1 aliphatic heterocycles. The molecule has 158 valence electrons. The van der Waals surface area contributed by atoms with Gasteiger partial charge in [-0.05, 0) is 43.5 Å². The zero-order valence-corrected chi connectivity index (χ0v) is 16.5. The van der Waals surface area contributed by atoms with Crippen molar-refractivity contribution in [1.82, 2.24) is 25.3 Å². The average molecular weight is 408 g/mol. The number of hydrogen-bond donors (Lipinski definition) is 2. The van der Waals surface area contributed by atoms with Gasteiger partial charge in [0.1, 0.15) is 0 Å². The Bertz CT molecular complexity index is 771. The molecule has 1 atom stereocenters. The van der Waals surface area contributed by atoms with E-state index in [0.717, 1.165) is 17.7 Å². The van der Waals surface area contributed by atoms with Gasteiger partial charge in [0.05, 0.1) is 12.2 Å². The van der Waals surface area contributed by atoms with Crippen LogP contribution in [0.3, 0.4) is 0 Å². The van der Waals surface area contributed by atoms with E-state index in [1.165, 1.54) is 4.90 Å². The van der Waals surface area contributed by atoms with Crippen LogP contribution >= 0.6 is 0 Å². The smallest absolute Gasteiger partial charge is 0.357 e. The Kier molecular flexibility index (Phi) is 7.13. The van der Waals surface area contributed by atoms with Gasteiger partial charge in [0, 0.05) is 44.6 Å². The molecule has 0 amide bonds. The minimum Gasteiger partial charge on any atom is -0.357 e. The summed E-state index contributed by atoms with van der Waals surface area (Å²) in [5.41, 5.74) is 2.17. The molecular formula is C20H27F3N6. The average Bonchev–Trinajstić information content (AvgIpc) is 3.33. The number of aromatic nitrogens is 2. The number of nitrogens with one attached hydrogen (secondary N) is 2. The molecular weight excluding hydrogens is 381 g/mol. The highest BCUT2D eigenvalue weighted by molar-refractivity contribution is 5.80. The van der Waals surface area contributed by atoms with Gasteiger partial charge in [0.15, 0.2) is 5.96 Å². The van der Waals surface area contributed by atoms with Crippen LogP contribution in [0.2, 0.25) is 0 Å². The Morgan fingerprint density at radius 2 is 2.07 bits per heavy atom. The Balaban J connectivity index is 1.49. The van der Waals surface area contributed by atoms with E-state index in [0.29, 0.717) is 38.6 Å². The monoisotopic (exact) mass is 408 g/mol. The molecule has 2 N–H and O–H groups in total. The molecule has 1 aromatic carbocycles. The molecule has 1 saturated heterocycles. The Morgan fingerprint density at radius 1 is 1.28 bits per heavy atom. The van der Waals surface area contributed by atoms with Crippen LogP contribution in [0.1, 0.15) is 18.9 Å². The topological polar surface area (TPSA) is 57.5 Å². The summed E-state index contributed by atoms with van der Waals surface area (Å²) in [6.07, 6.45) is 0.938. The summed E-state index contributed by atoms with van der Waals surface area (Å²) in [5.74, 6) is 0.652. The number of nitrogens with zero attached hydrogens (tertiary/aromatic N) is 4. The molecule has 6 nitrogen and oxygen atoms in total. The number of hydrogen-bond acceptors (Lipinski definition) is 3. The van der Waals surface area contributed by atoms with Crippen LogP contribution in [0.25, 0.3) is 5.69 Å². The van der Waals surface area contributed by atoms with Crippen LogP contribution < -0.4 is 10.6 Å². The van der Waals surface area contributed by atoms with Crippen LogP contribution in [-0.4, -0.2) is 65.6 Å². The number of guanidine groups is 1. The molecule has 9 heteroatoms. The molecule has 1 fully saturated rings. The summed E-state index contributed by atoms with van der Waals surface area (Å²) in [6.45, 7) is 3.22. The minimum absolute atomic E-state index is 0.0245. The molecule has 0 saturated carbocycles. The van der Waals surface area contributed by atoms with E-state index in [2.05, 4.69) is 32.9 Å². The summed E-state index contributed by atoms with van der Waals surface area (Å²) in [6, 6.07) is 10.00. The van der Waals surface area contributed by atoms with Crippen LogP contribution in [0.5, 0.6) is 0 Å². The molecule has 29 heavy (non-hydrogen) atoms.